The summed E-state index contributed by atoms with van der Waals surface area (Å²) < 4.78 is 27.4. The lowest BCUT2D eigenvalue weighted by molar-refractivity contribution is -0.135. The molecule has 2 aromatic rings. The van der Waals surface area contributed by atoms with E-state index in [0.717, 1.165) is 31.5 Å². The summed E-state index contributed by atoms with van der Waals surface area (Å²) >= 11 is 1.23. The van der Waals surface area contributed by atoms with E-state index in [9.17, 15) is 13.2 Å². The molecule has 0 radical (unpaired) electrons. The van der Waals surface area contributed by atoms with E-state index in [1.165, 1.54) is 15.6 Å². The predicted molar refractivity (Wildman–Crippen MR) is 111 cm³/mol. The van der Waals surface area contributed by atoms with Crippen molar-refractivity contribution in [2.45, 2.75) is 29.5 Å². The maximum absolute atomic E-state index is 13.0. The number of hydrogen-bond acceptors (Lipinski definition) is 5. The number of carbonyl (C=O) groups excluding carboxylic acids is 1. The van der Waals surface area contributed by atoms with Gasteiger partial charge in [-0.25, -0.2) is 8.42 Å². The predicted octanol–water partition coefficient (Wildman–Crippen LogP) is 2.86. The molecule has 8 heteroatoms. The lowest BCUT2D eigenvalue weighted by Gasteiger charge is -2.33. The number of nitrogens with zero attached hydrogens (tertiary/aromatic N) is 2. The van der Waals surface area contributed by atoms with Gasteiger partial charge in [0, 0.05) is 37.9 Å². The molecular weight excluding hydrogens is 394 g/mol. The van der Waals surface area contributed by atoms with Crippen molar-refractivity contribution in [1.29, 1.82) is 0 Å². The molecule has 1 aromatic heterocycles. The Kier molecular flexibility index (Phi) is 5.70. The quantitative estimate of drug-likeness (QED) is 0.809. The van der Waals surface area contributed by atoms with Gasteiger partial charge in [0.05, 0.1) is 5.92 Å². The highest BCUT2D eigenvalue weighted by molar-refractivity contribution is 7.91. The van der Waals surface area contributed by atoms with Crippen LogP contribution in [0.2, 0.25) is 0 Å². The van der Waals surface area contributed by atoms with Crippen LogP contribution in [0.4, 0.5) is 5.69 Å². The largest absolute Gasteiger partial charge is 0.380 e. The lowest BCUT2D eigenvalue weighted by Crippen LogP contribution is -2.46. The highest BCUT2D eigenvalue weighted by Crippen LogP contribution is 2.28. The van der Waals surface area contributed by atoms with Crippen LogP contribution in [0.5, 0.6) is 0 Å². The normalized spacial score (nSPS) is 23.6. The summed E-state index contributed by atoms with van der Waals surface area (Å²) in [5.41, 5.74) is 1.06. The van der Waals surface area contributed by atoms with Crippen molar-refractivity contribution in [3.05, 3.63) is 47.8 Å². The van der Waals surface area contributed by atoms with Crippen LogP contribution in [-0.4, -0.2) is 55.8 Å². The minimum absolute atomic E-state index is 0.0865. The Balaban J connectivity index is 1.37. The van der Waals surface area contributed by atoms with Gasteiger partial charge in [0.2, 0.25) is 5.91 Å². The first-order chi connectivity index (χ1) is 13.5. The molecule has 3 heterocycles. The maximum Gasteiger partial charge on any atom is 0.252 e. The number of nitrogens with one attached hydrogen (secondary N) is 1. The van der Waals surface area contributed by atoms with Crippen molar-refractivity contribution in [3.63, 3.8) is 0 Å². The second-order valence-electron chi connectivity index (χ2n) is 7.41. The molecule has 0 saturated carbocycles. The van der Waals surface area contributed by atoms with Gasteiger partial charge in [-0.1, -0.05) is 24.3 Å². The van der Waals surface area contributed by atoms with Gasteiger partial charge in [0.25, 0.3) is 10.0 Å². The van der Waals surface area contributed by atoms with E-state index in [1.807, 2.05) is 35.2 Å². The summed E-state index contributed by atoms with van der Waals surface area (Å²) in [7, 11) is -3.49. The van der Waals surface area contributed by atoms with Gasteiger partial charge in [-0.05, 0) is 42.8 Å². The summed E-state index contributed by atoms with van der Waals surface area (Å²) in [6.45, 7) is 2.16. The molecule has 6 nitrogen and oxygen atoms in total. The molecule has 1 aromatic carbocycles. The first-order valence-corrected chi connectivity index (χ1v) is 12.0. The van der Waals surface area contributed by atoms with Crippen LogP contribution in [0.25, 0.3) is 0 Å². The molecular formula is C20H25N3O3S2. The van der Waals surface area contributed by atoms with Crippen LogP contribution in [-0.2, 0) is 14.8 Å². The van der Waals surface area contributed by atoms with Gasteiger partial charge >= 0.3 is 0 Å². The van der Waals surface area contributed by atoms with Crippen LogP contribution in [0.3, 0.4) is 0 Å². The summed E-state index contributed by atoms with van der Waals surface area (Å²) in [5.74, 6) is -0.164. The van der Waals surface area contributed by atoms with Gasteiger partial charge in [-0.15, -0.1) is 11.3 Å². The Hall–Kier alpha value is -1.90. The van der Waals surface area contributed by atoms with Crippen LogP contribution in [0.1, 0.15) is 19.3 Å². The fraction of sp³-hybridized carbons (Fsp3) is 0.450. The molecule has 1 amide bonds. The average Bonchev–Trinajstić information content (AvgIpc) is 3.41. The van der Waals surface area contributed by atoms with Gasteiger partial charge in [-0.2, -0.15) is 4.31 Å². The van der Waals surface area contributed by atoms with Crippen molar-refractivity contribution in [3.8, 4) is 0 Å². The highest BCUT2D eigenvalue weighted by Gasteiger charge is 2.37. The van der Waals surface area contributed by atoms with Crippen LogP contribution in [0.15, 0.2) is 52.1 Å². The molecule has 4 rings (SSSR count). The monoisotopic (exact) mass is 419 g/mol. The van der Waals surface area contributed by atoms with Crippen molar-refractivity contribution >= 4 is 33.0 Å². The van der Waals surface area contributed by atoms with Gasteiger partial charge in [0.15, 0.2) is 0 Å². The molecule has 28 heavy (non-hydrogen) atoms. The number of amides is 1. The molecule has 2 aliphatic rings. The summed E-state index contributed by atoms with van der Waals surface area (Å²) in [6.07, 6.45) is 2.38. The smallest absolute Gasteiger partial charge is 0.252 e. The zero-order chi connectivity index (χ0) is 19.6. The second kappa shape index (κ2) is 8.23. The summed E-state index contributed by atoms with van der Waals surface area (Å²) in [4.78, 5) is 14.9. The number of likely N-dealkylation sites (tertiary alicyclic amines) is 1. The number of carbonyl (C=O) groups is 1. The van der Waals surface area contributed by atoms with Gasteiger partial charge in [-0.3, -0.25) is 4.79 Å². The SMILES string of the molecule is O=C(C1CCCN(S(=O)(=O)c2cccs2)C1)N1CCC(Nc2ccccc2)C1. The number of para-hydroxylation sites is 1. The summed E-state index contributed by atoms with van der Waals surface area (Å²) in [6, 6.07) is 13.6. The van der Waals surface area contributed by atoms with Gasteiger partial charge in [0.1, 0.15) is 4.21 Å². The molecule has 0 aliphatic carbocycles. The maximum atomic E-state index is 13.0. The third-order valence-corrected chi connectivity index (χ3v) is 8.71. The number of rotatable bonds is 5. The van der Waals surface area contributed by atoms with Crippen LogP contribution < -0.4 is 5.32 Å². The van der Waals surface area contributed by atoms with E-state index in [4.69, 9.17) is 0 Å². The number of sulfonamides is 1. The fourth-order valence-corrected chi connectivity index (χ4v) is 6.67. The van der Waals surface area contributed by atoms with Crippen molar-refractivity contribution in [2.75, 3.05) is 31.5 Å². The zero-order valence-corrected chi connectivity index (χ0v) is 17.3. The number of benzene rings is 1. The van der Waals surface area contributed by atoms with E-state index in [1.54, 1.807) is 17.5 Å². The summed E-state index contributed by atoms with van der Waals surface area (Å²) in [5, 5.41) is 5.25. The molecule has 1 N–H and O–H groups in total. The number of hydrogen-bond donors (Lipinski definition) is 1. The Morgan fingerprint density at radius 3 is 2.61 bits per heavy atom. The van der Waals surface area contributed by atoms with E-state index in [0.29, 0.717) is 17.3 Å². The second-order valence-corrected chi connectivity index (χ2v) is 10.5. The number of anilines is 1. The third kappa shape index (κ3) is 4.09. The molecule has 150 valence electrons. The van der Waals surface area contributed by atoms with E-state index < -0.39 is 10.0 Å². The number of thiophene rings is 1. The molecule has 0 spiro atoms. The first kappa shape index (κ1) is 19.4. The Morgan fingerprint density at radius 2 is 1.86 bits per heavy atom. The van der Waals surface area contributed by atoms with E-state index >= 15 is 0 Å². The molecule has 2 atom stereocenters. The van der Waals surface area contributed by atoms with Gasteiger partial charge < -0.3 is 10.2 Å². The van der Waals surface area contributed by atoms with Crippen LogP contribution in [0, 0.1) is 5.92 Å². The van der Waals surface area contributed by atoms with Crippen molar-refractivity contribution in [1.82, 2.24) is 9.21 Å². The fourth-order valence-electron chi connectivity index (χ4n) is 4.01. The molecule has 2 aliphatic heterocycles. The first-order valence-electron chi connectivity index (χ1n) is 9.68. The zero-order valence-electron chi connectivity index (χ0n) is 15.7. The minimum Gasteiger partial charge on any atom is -0.380 e. The third-order valence-electron chi connectivity index (χ3n) is 5.47. The molecule has 0 bridgehead atoms. The number of piperidine rings is 1. The van der Waals surface area contributed by atoms with E-state index in [-0.39, 0.29) is 24.4 Å². The van der Waals surface area contributed by atoms with Crippen LogP contribution >= 0.6 is 11.3 Å². The molecule has 2 saturated heterocycles. The molecule has 2 unspecified atom stereocenters. The Morgan fingerprint density at radius 1 is 1.04 bits per heavy atom. The van der Waals surface area contributed by atoms with Crippen molar-refractivity contribution in [2.24, 2.45) is 5.92 Å². The van der Waals surface area contributed by atoms with E-state index in [2.05, 4.69) is 5.32 Å². The Bertz CT molecular complexity index is 900. The van der Waals surface area contributed by atoms with Crippen molar-refractivity contribution < 1.29 is 13.2 Å². The Labute approximate surface area is 170 Å². The molecule has 2 fully saturated rings. The standard InChI is InChI=1S/C20H25N3O3S2/c24-20(22-12-10-18(15-22)21-17-7-2-1-3-8-17)16-6-4-11-23(14-16)28(25,26)19-9-5-13-27-19/h1-3,5,7-9,13,16,18,21H,4,6,10-12,14-15H2. The average molecular weight is 420 g/mol. The highest BCUT2D eigenvalue weighted by atomic mass is 32.2. The minimum atomic E-state index is -3.49. The topological polar surface area (TPSA) is 69.7 Å². The lowest BCUT2D eigenvalue weighted by atomic mass is 9.98.